The molecular weight excluding hydrogens is 186 g/mol. The molecule has 0 radical (unpaired) electrons. The van der Waals surface area contributed by atoms with E-state index in [4.69, 9.17) is 39.9 Å². The van der Waals surface area contributed by atoms with Crippen LogP contribution in [0.15, 0.2) is 0 Å². The van der Waals surface area contributed by atoms with E-state index in [2.05, 4.69) is 4.74 Å². The average Bonchev–Trinajstić information content (AvgIpc) is 1.64. The topological polar surface area (TPSA) is 29.5 Å². The summed E-state index contributed by atoms with van der Waals surface area (Å²) in [5.41, 5.74) is 0. The second-order valence-corrected chi connectivity index (χ2v) is 3.72. The van der Waals surface area contributed by atoms with Crippen LogP contribution in [-0.4, -0.2) is 21.8 Å². The quantitative estimate of drug-likeness (QED) is 0.534. The standard InChI is InChI=1S/C4H7Cl3O2/c1-2-9-3(8)4(5,6)7/h3,8H,2H2,1H3/t3-/m0/s1. The number of ether oxygens (including phenoxy) is 1. The van der Waals surface area contributed by atoms with Crippen LogP contribution < -0.4 is 0 Å². The average molecular weight is 193 g/mol. The zero-order valence-electron chi connectivity index (χ0n) is 4.77. The van der Waals surface area contributed by atoms with Gasteiger partial charge in [-0.15, -0.1) is 0 Å². The Bertz CT molecular complexity index is 80.4. The third-order valence-electron chi connectivity index (χ3n) is 0.605. The maximum atomic E-state index is 8.77. The molecule has 0 heterocycles. The lowest BCUT2D eigenvalue weighted by Crippen LogP contribution is -2.27. The van der Waals surface area contributed by atoms with Gasteiger partial charge in [0.15, 0.2) is 0 Å². The minimum atomic E-state index is -1.74. The number of alkyl halides is 3. The molecule has 0 bridgehead atoms. The number of halogens is 3. The molecule has 0 aliphatic rings. The molecule has 2 nitrogen and oxygen atoms in total. The number of hydrogen-bond acceptors (Lipinski definition) is 2. The molecule has 0 aromatic heterocycles. The van der Waals surface area contributed by atoms with E-state index in [9.17, 15) is 0 Å². The van der Waals surface area contributed by atoms with Gasteiger partial charge in [0.25, 0.3) is 0 Å². The van der Waals surface area contributed by atoms with Crippen molar-refractivity contribution in [2.24, 2.45) is 0 Å². The van der Waals surface area contributed by atoms with E-state index in [1.807, 2.05) is 0 Å². The van der Waals surface area contributed by atoms with E-state index in [-0.39, 0.29) is 0 Å². The Labute approximate surface area is 68.7 Å². The maximum absolute atomic E-state index is 8.77. The second-order valence-electron chi connectivity index (χ2n) is 1.35. The van der Waals surface area contributed by atoms with Gasteiger partial charge in [-0.1, -0.05) is 34.8 Å². The summed E-state index contributed by atoms with van der Waals surface area (Å²) in [5, 5.41) is 8.77. The van der Waals surface area contributed by atoms with E-state index in [1.54, 1.807) is 6.92 Å². The molecule has 1 N–H and O–H groups in total. The summed E-state index contributed by atoms with van der Waals surface area (Å²) in [5.74, 6) is 0. The zero-order chi connectivity index (χ0) is 7.49. The van der Waals surface area contributed by atoms with Crippen molar-refractivity contribution >= 4 is 34.8 Å². The number of aliphatic hydroxyl groups is 1. The molecule has 0 saturated carbocycles. The highest BCUT2D eigenvalue weighted by molar-refractivity contribution is 6.67. The van der Waals surface area contributed by atoms with E-state index < -0.39 is 10.1 Å². The van der Waals surface area contributed by atoms with Crippen molar-refractivity contribution in [2.75, 3.05) is 6.61 Å². The maximum Gasteiger partial charge on any atom is 0.240 e. The van der Waals surface area contributed by atoms with Crippen molar-refractivity contribution in [1.29, 1.82) is 0 Å². The van der Waals surface area contributed by atoms with Crippen molar-refractivity contribution in [3.63, 3.8) is 0 Å². The van der Waals surface area contributed by atoms with Gasteiger partial charge in [0.1, 0.15) is 0 Å². The number of hydrogen-bond donors (Lipinski definition) is 1. The molecule has 0 spiro atoms. The first kappa shape index (κ1) is 9.79. The fourth-order valence-electron chi connectivity index (χ4n) is 0.252. The Kier molecular flexibility index (Phi) is 4.17. The Balaban J connectivity index is 3.59. The predicted octanol–water partition coefficient (Wildman–Crippen LogP) is 1.71. The molecular formula is C4H7Cl3O2. The lowest BCUT2D eigenvalue weighted by atomic mass is 10.7. The summed E-state index contributed by atoms with van der Waals surface area (Å²) in [4.78, 5) is 0. The van der Waals surface area contributed by atoms with Crippen molar-refractivity contribution in [2.45, 2.75) is 17.0 Å². The summed E-state index contributed by atoms with van der Waals surface area (Å²) in [7, 11) is 0. The van der Waals surface area contributed by atoms with Gasteiger partial charge >= 0.3 is 0 Å². The van der Waals surface area contributed by atoms with Crippen LogP contribution >= 0.6 is 34.8 Å². The molecule has 1 atom stereocenters. The van der Waals surface area contributed by atoms with Crippen LogP contribution in [0.3, 0.4) is 0 Å². The van der Waals surface area contributed by atoms with Crippen molar-refractivity contribution in [3.05, 3.63) is 0 Å². The normalized spacial score (nSPS) is 15.7. The van der Waals surface area contributed by atoms with Gasteiger partial charge in [-0.05, 0) is 6.92 Å². The van der Waals surface area contributed by atoms with Crippen LogP contribution in [-0.2, 0) is 4.74 Å². The van der Waals surface area contributed by atoms with Crippen LogP contribution in [0.4, 0.5) is 0 Å². The van der Waals surface area contributed by atoms with Gasteiger partial charge in [0, 0.05) is 6.61 Å². The van der Waals surface area contributed by atoms with E-state index in [1.165, 1.54) is 0 Å². The van der Waals surface area contributed by atoms with E-state index in [0.717, 1.165) is 0 Å². The first-order chi connectivity index (χ1) is 3.98. The third-order valence-corrected chi connectivity index (χ3v) is 1.16. The highest BCUT2D eigenvalue weighted by atomic mass is 35.6. The molecule has 0 saturated heterocycles. The molecule has 0 fully saturated rings. The molecule has 0 aromatic rings. The van der Waals surface area contributed by atoms with Gasteiger partial charge in [-0.3, -0.25) is 0 Å². The van der Waals surface area contributed by atoms with Crippen molar-refractivity contribution in [3.8, 4) is 0 Å². The summed E-state index contributed by atoms with van der Waals surface area (Å²) in [6.07, 6.45) is -1.34. The SMILES string of the molecule is CCO[C@H](O)C(Cl)(Cl)Cl. The van der Waals surface area contributed by atoms with Crippen LogP contribution in [0.1, 0.15) is 6.92 Å². The Hall–Kier alpha value is 0.790. The fraction of sp³-hybridized carbons (Fsp3) is 1.00. The molecule has 9 heavy (non-hydrogen) atoms. The second kappa shape index (κ2) is 3.84. The number of rotatable bonds is 2. The lowest BCUT2D eigenvalue weighted by molar-refractivity contribution is -0.0905. The van der Waals surface area contributed by atoms with Gasteiger partial charge in [0.05, 0.1) is 0 Å². The molecule has 0 amide bonds. The van der Waals surface area contributed by atoms with E-state index in [0.29, 0.717) is 6.61 Å². The van der Waals surface area contributed by atoms with Crippen LogP contribution in [0, 0.1) is 0 Å². The van der Waals surface area contributed by atoms with Crippen molar-refractivity contribution < 1.29 is 9.84 Å². The Morgan fingerprint density at radius 1 is 1.56 bits per heavy atom. The lowest BCUT2D eigenvalue weighted by Gasteiger charge is -2.17. The third kappa shape index (κ3) is 4.23. The largest absolute Gasteiger partial charge is 0.365 e. The fourth-order valence-corrected chi connectivity index (χ4v) is 0.441. The van der Waals surface area contributed by atoms with Crippen LogP contribution in [0.25, 0.3) is 0 Å². The van der Waals surface area contributed by atoms with Crippen molar-refractivity contribution in [1.82, 2.24) is 0 Å². The molecule has 0 aromatic carbocycles. The zero-order valence-corrected chi connectivity index (χ0v) is 7.04. The van der Waals surface area contributed by atoms with Gasteiger partial charge in [-0.25, -0.2) is 0 Å². The van der Waals surface area contributed by atoms with Gasteiger partial charge < -0.3 is 9.84 Å². The minimum absolute atomic E-state index is 0.315. The van der Waals surface area contributed by atoms with Crippen LogP contribution in [0.5, 0.6) is 0 Å². The van der Waals surface area contributed by atoms with Crippen LogP contribution in [0.2, 0.25) is 0 Å². The first-order valence-electron chi connectivity index (χ1n) is 2.35. The van der Waals surface area contributed by atoms with E-state index >= 15 is 0 Å². The molecule has 0 aliphatic heterocycles. The molecule has 0 aliphatic carbocycles. The summed E-state index contributed by atoms with van der Waals surface area (Å²) in [6, 6.07) is 0. The minimum Gasteiger partial charge on any atom is -0.365 e. The smallest absolute Gasteiger partial charge is 0.240 e. The summed E-state index contributed by atoms with van der Waals surface area (Å²) < 4.78 is 2.83. The van der Waals surface area contributed by atoms with Gasteiger partial charge in [0.2, 0.25) is 10.1 Å². The summed E-state index contributed by atoms with van der Waals surface area (Å²) in [6.45, 7) is 2.01. The molecule has 56 valence electrons. The highest BCUT2D eigenvalue weighted by Gasteiger charge is 2.31. The first-order valence-corrected chi connectivity index (χ1v) is 3.48. The van der Waals surface area contributed by atoms with Gasteiger partial charge in [-0.2, -0.15) is 0 Å². The molecule has 0 unspecified atom stereocenters. The predicted molar refractivity (Wildman–Crippen MR) is 37.9 cm³/mol. The Morgan fingerprint density at radius 3 is 2.11 bits per heavy atom. The number of aliphatic hydroxyl groups excluding tert-OH is 1. The Morgan fingerprint density at radius 2 is 2.00 bits per heavy atom. The summed E-state index contributed by atoms with van der Waals surface area (Å²) >= 11 is 15.7. The molecule has 0 rings (SSSR count). The highest BCUT2D eigenvalue weighted by Crippen LogP contribution is 2.30. The monoisotopic (exact) mass is 192 g/mol. The molecule has 5 heteroatoms.